The number of ether oxygens (including phenoxy) is 3. The fourth-order valence-electron chi connectivity index (χ4n) is 5.96. The average Bonchev–Trinajstić information content (AvgIpc) is 2.56. The second-order valence-corrected chi connectivity index (χ2v) is 12.5. The highest BCUT2D eigenvalue weighted by atomic mass is 16.6. The molecule has 3 heterocycles. The van der Waals surface area contributed by atoms with E-state index in [2.05, 4.69) is 66.0 Å². The smallest absolute Gasteiger partial charge is 0.336 e. The molecule has 1 unspecified atom stereocenters. The van der Waals surface area contributed by atoms with Crippen LogP contribution in [0.2, 0.25) is 0 Å². The SMILES string of the molecule is CC1(C)CC(OC(=O)C2=CCC(C(=O)OC3CC(C)(C)NC(C)(C)C3)OC2)CC(C)(C)N1. The van der Waals surface area contributed by atoms with E-state index in [4.69, 9.17) is 14.2 Å². The molecule has 0 saturated carbocycles. The zero-order valence-electron chi connectivity index (χ0n) is 21.1. The van der Waals surface area contributed by atoms with Crippen LogP contribution in [0.4, 0.5) is 0 Å². The van der Waals surface area contributed by atoms with Crippen LogP contribution in [0.3, 0.4) is 0 Å². The molecule has 182 valence electrons. The van der Waals surface area contributed by atoms with Crippen molar-refractivity contribution in [2.24, 2.45) is 0 Å². The Balaban J connectivity index is 1.53. The van der Waals surface area contributed by atoms with E-state index in [1.165, 1.54) is 0 Å². The van der Waals surface area contributed by atoms with Gasteiger partial charge < -0.3 is 24.8 Å². The van der Waals surface area contributed by atoms with Crippen molar-refractivity contribution >= 4 is 11.9 Å². The van der Waals surface area contributed by atoms with E-state index in [0.717, 1.165) is 25.7 Å². The summed E-state index contributed by atoms with van der Waals surface area (Å²) in [6.45, 7) is 17.1. The van der Waals surface area contributed by atoms with E-state index < -0.39 is 6.10 Å². The first kappa shape index (κ1) is 25.2. The molecule has 2 saturated heterocycles. The lowest BCUT2D eigenvalue weighted by molar-refractivity contribution is -0.168. The van der Waals surface area contributed by atoms with Gasteiger partial charge in [-0.2, -0.15) is 0 Å². The molecule has 2 fully saturated rings. The number of nitrogens with one attached hydrogen (secondary N) is 2. The molecule has 0 aromatic rings. The zero-order valence-corrected chi connectivity index (χ0v) is 21.1. The first-order valence-corrected chi connectivity index (χ1v) is 11.9. The minimum absolute atomic E-state index is 0.0690. The van der Waals surface area contributed by atoms with Crippen molar-refractivity contribution in [3.05, 3.63) is 11.6 Å². The highest BCUT2D eigenvalue weighted by molar-refractivity contribution is 5.89. The van der Waals surface area contributed by atoms with E-state index >= 15 is 0 Å². The average molecular weight is 451 g/mol. The summed E-state index contributed by atoms with van der Waals surface area (Å²) in [6, 6.07) is 0. The van der Waals surface area contributed by atoms with Gasteiger partial charge in [-0.25, -0.2) is 9.59 Å². The summed E-state index contributed by atoms with van der Waals surface area (Å²) < 4.78 is 17.3. The fraction of sp³-hybridized carbons (Fsp3) is 0.840. The molecular formula is C25H42N2O5. The first-order valence-electron chi connectivity index (χ1n) is 11.9. The molecule has 32 heavy (non-hydrogen) atoms. The van der Waals surface area contributed by atoms with Crippen molar-refractivity contribution in [1.82, 2.24) is 10.6 Å². The normalized spacial score (nSPS) is 29.6. The van der Waals surface area contributed by atoms with Gasteiger partial charge in [0, 0.05) is 54.3 Å². The van der Waals surface area contributed by atoms with E-state index in [1.54, 1.807) is 6.08 Å². The molecular weight excluding hydrogens is 408 g/mol. The van der Waals surface area contributed by atoms with Gasteiger partial charge in [0.2, 0.25) is 0 Å². The van der Waals surface area contributed by atoms with Crippen LogP contribution in [0.25, 0.3) is 0 Å². The molecule has 7 nitrogen and oxygen atoms in total. The summed E-state index contributed by atoms with van der Waals surface area (Å²) in [6.07, 6.45) is 4.14. The fourth-order valence-corrected chi connectivity index (χ4v) is 5.96. The van der Waals surface area contributed by atoms with Gasteiger partial charge in [0.25, 0.3) is 0 Å². The Morgan fingerprint density at radius 3 is 1.66 bits per heavy atom. The summed E-state index contributed by atoms with van der Waals surface area (Å²) in [5.41, 5.74) is 0.0732. The number of rotatable bonds is 4. The molecule has 0 bridgehead atoms. The van der Waals surface area contributed by atoms with Crippen LogP contribution in [0, 0.1) is 0 Å². The Morgan fingerprint density at radius 2 is 1.25 bits per heavy atom. The van der Waals surface area contributed by atoms with Gasteiger partial charge in [-0.1, -0.05) is 6.08 Å². The molecule has 0 aromatic heterocycles. The second-order valence-electron chi connectivity index (χ2n) is 12.5. The van der Waals surface area contributed by atoms with E-state index in [1.807, 2.05) is 0 Å². The van der Waals surface area contributed by atoms with Gasteiger partial charge in [0.1, 0.15) is 12.2 Å². The third kappa shape index (κ3) is 6.78. The third-order valence-corrected chi connectivity index (χ3v) is 6.41. The Kier molecular flexibility index (Phi) is 6.87. The van der Waals surface area contributed by atoms with Crippen LogP contribution in [0.1, 0.15) is 87.5 Å². The summed E-state index contributed by atoms with van der Waals surface area (Å²) in [4.78, 5) is 25.4. The molecule has 3 aliphatic heterocycles. The quantitative estimate of drug-likeness (QED) is 0.635. The lowest BCUT2D eigenvalue weighted by Gasteiger charge is -2.46. The van der Waals surface area contributed by atoms with Crippen molar-refractivity contribution in [1.29, 1.82) is 0 Å². The largest absolute Gasteiger partial charge is 0.460 e. The predicted octanol–water partition coefficient (Wildman–Crippen LogP) is 3.41. The maximum absolute atomic E-state index is 12.7. The predicted molar refractivity (Wildman–Crippen MR) is 123 cm³/mol. The molecule has 0 radical (unpaired) electrons. The van der Waals surface area contributed by atoms with Gasteiger partial charge in [0.15, 0.2) is 6.10 Å². The van der Waals surface area contributed by atoms with Crippen LogP contribution >= 0.6 is 0 Å². The standard InChI is InChI=1S/C25H42N2O5/c1-22(2)11-17(12-23(3,4)26-22)31-20(28)16-9-10-19(30-15-16)21(29)32-18-13-24(5,6)27-25(7,8)14-18/h9,17-19,26-27H,10-15H2,1-8H3. The number of esters is 2. The van der Waals surface area contributed by atoms with Gasteiger partial charge in [-0.3, -0.25) is 0 Å². The minimum atomic E-state index is -0.676. The van der Waals surface area contributed by atoms with Crippen LogP contribution in [0.15, 0.2) is 11.6 Å². The molecule has 0 amide bonds. The van der Waals surface area contributed by atoms with Gasteiger partial charge in [-0.15, -0.1) is 0 Å². The second kappa shape index (κ2) is 8.73. The highest BCUT2D eigenvalue weighted by Gasteiger charge is 2.41. The van der Waals surface area contributed by atoms with Crippen molar-refractivity contribution in [2.75, 3.05) is 6.61 Å². The van der Waals surface area contributed by atoms with Crippen LogP contribution < -0.4 is 10.6 Å². The Labute approximate surface area is 193 Å². The zero-order chi connectivity index (χ0) is 23.9. The summed E-state index contributed by atoms with van der Waals surface area (Å²) >= 11 is 0. The van der Waals surface area contributed by atoms with Crippen molar-refractivity contribution in [3.63, 3.8) is 0 Å². The highest BCUT2D eigenvalue weighted by Crippen LogP contribution is 2.32. The van der Waals surface area contributed by atoms with E-state index in [-0.39, 0.29) is 52.9 Å². The van der Waals surface area contributed by atoms with Crippen molar-refractivity contribution in [2.45, 2.75) is 128 Å². The number of hydrogen-bond acceptors (Lipinski definition) is 7. The van der Waals surface area contributed by atoms with Crippen molar-refractivity contribution in [3.8, 4) is 0 Å². The monoisotopic (exact) mass is 450 g/mol. The molecule has 2 N–H and O–H groups in total. The Morgan fingerprint density at radius 1 is 0.812 bits per heavy atom. The number of carbonyl (C=O) groups excluding carboxylic acids is 2. The molecule has 1 atom stereocenters. The van der Waals surface area contributed by atoms with E-state index in [9.17, 15) is 9.59 Å². The lowest BCUT2D eigenvalue weighted by atomic mass is 9.81. The number of hydrogen-bond donors (Lipinski definition) is 2. The molecule has 3 aliphatic rings. The maximum Gasteiger partial charge on any atom is 0.336 e. The minimum Gasteiger partial charge on any atom is -0.460 e. The van der Waals surface area contributed by atoms with Crippen LogP contribution in [-0.2, 0) is 23.8 Å². The summed E-state index contributed by atoms with van der Waals surface area (Å²) in [7, 11) is 0. The molecule has 0 spiro atoms. The topological polar surface area (TPSA) is 85.9 Å². The summed E-state index contributed by atoms with van der Waals surface area (Å²) in [5.74, 6) is -0.703. The summed E-state index contributed by atoms with van der Waals surface area (Å²) in [5, 5.41) is 7.18. The van der Waals surface area contributed by atoms with Crippen molar-refractivity contribution < 1.29 is 23.8 Å². The van der Waals surface area contributed by atoms with Crippen LogP contribution in [0.5, 0.6) is 0 Å². The molecule has 0 aliphatic carbocycles. The first-order chi connectivity index (χ1) is 14.5. The number of piperidine rings is 2. The third-order valence-electron chi connectivity index (χ3n) is 6.41. The Bertz CT molecular complexity index is 736. The van der Waals surface area contributed by atoms with Gasteiger partial charge >= 0.3 is 11.9 Å². The van der Waals surface area contributed by atoms with E-state index in [0.29, 0.717) is 12.0 Å². The lowest BCUT2D eigenvalue weighted by Crippen LogP contribution is -2.60. The molecule has 3 rings (SSSR count). The Hall–Kier alpha value is -1.44. The van der Waals surface area contributed by atoms with Gasteiger partial charge in [0.05, 0.1) is 12.2 Å². The molecule has 0 aromatic carbocycles. The van der Waals surface area contributed by atoms with Crippen LogP contribution in [-0.4, -0.2) is 59.0 Å². The number of carbonyl (C=O) groups is 2. The maximum atomic E-state index is 12.7. The van der Waals surface area contributed by atoms with Gasteiger partial charge in [-0.05, 0) is 55.4 Å². The molecule has 7 heteroatoms.